The Morgan fingerprint density at radius 1 is 0.804 bits per heavy atom. The number of piperidine rings is 1. The van der Waals surface area contributed by atoms with E-state index in [2.05, 4.69) is 80.7 Å². The second-order valence-corrected chi connectivity index (χ2v) is 16.1. The summed E-state index contributed by atoms with van der Waals surface area (Å²) in [4.78, 5) is 60.0. The lowest BCUT2D eigenvalue weighted by molar-refractivity contribution is -0.140. The molecule has 3 amide bonds. The molecule has 2 saturated heterocycles. The third kappa shape index (κ3) is 7.38. The highest BCUT2D eigenvalue weighted by Gasteiger charge is 2.56. The van der Waals surface area contributed by atoms with Gasteiger partial charge in [-0.05, 0) is 78.7 Å². The quantitative estimate of drug-likeness (QED) is 0.109. The molecular weight excluding hydrogens is 709 g/mol. The Hall–Kier alpha value is -5.59. The van der Waals surface area contributed by atoms with Crippen LogP contribution in [0, 0.1) is 17.8 Å². The molecule has 3 aliphatic rings. The fourth-order valence-corrected chi connectivity index (χ4v) is 8.75. The standard InChI is InChI=1S/C43H54N8O5/c1-25(2)36(49-42(54)56-7)39(52)50-20-8-9-35(50)38-44-22-33(47-38)31-14-10-29(11-15-31)30-12-16-32(17-13-30)34-23-45-41(48-34)43-19-18-28(21-43)24-51(43)40(53)37(26(3)4)46-27(5)55-6/h10-17,22-23,25-26,28,35-37,46H,5,8-9,18-21,24H2,1-4,6-7H3,(H,44,47)(H,45,48)(H,49,54)/t28-,35-,36-,37-,43-/m0/s1. The number of carbonyl (C=O) groups is 3. The molecule has 296 valence electrons. The van der Waals surface area contributed by atoms with E-state index in [1.54, 1.807) is 7.11 Å². The number of aromatic nitrogens is 4. The summed E-state index contributed by atoms with van der Waals surface area (Å²) in [6, 6.07) is 15.4. The number of amides is 3. The highest BCUT2D eigenvalue weighted by atomic mass is 16.5. The number of benzene rings is 2. The minimum atomic E-state index is -0.681. The van der Waals surface area contributed by atoms with Crippen molar-refractivity contribution in [2.75, 3.05) is 27.3 Å². The number of ether oxygens (including phenoxy) is 2. The lowest BCUT2D eigenvalue weighted by Gasteiger charge is -2.40. The lowest BCUT2D eigenvalue weighted by Crippen LogP contribution is -2.55. The number of carbonyl (C=O) groups excluding carboxylic acids is 3. The summed E-state index contributed by atoms with van der Waals surface area (Å²) in [6.45, 7) is 13.1. The van der Waals surface area contributed by atoms with Gasteiger partial charge in [0.1, 0.15) is 29.3 Å². The number of hydrogen-bond acceptors (Lipinski definition) is 8. The highest BCUT2D eigenvalue weighted by molar-refractivity contribution is 5.86. The van der Waals surface area contributed by atoms with E-state index in [0.717, 1.165) is 83.9 Å². The molecule has 2 aromatic heterocycles. The molecule has 0 radical (unpaired) electrons. The van der Waals surface area contributed by atoms with Gasteiger partial charge in [-0.25, -0.2) is 14.8 Å². The van der Waals surface area contributed by atoms with Crippen LogP contribution < -0.4 is 10.6 Å². The van der Waals surface area contributed by atoms with Crippen LogP contribution in [0.1, 0.15) is 77.5 Å². The van der Waals surface area contributed by atoms with E-state index in [1.807, 2.05) is 49.9 Å². The van der Waals surface area contributed by atoms with Crippen molar-refractivity contribution >= 4 is 17.9 Å². The van der Waals surface area contributed by atoms with Crippen LogP contribution in [-0.4, -0.2) is 87.0 Å². The van der Waals surface area contributed by atoms with Gasteiger partial charge in [0.05, 0.1) is 44.0 Å². The minimum absolute atomic E-state index is 0.0558. The molecule has 7 rings (SSSR count). The zero-order valence-corrected chi connectivity index (χ0v) is 33.2. The Labute approximate surface area is 328 Å². The first-order valence-electron chi connectivity index (χ1n) is 19.7. The molecule has 5 atom stereocenters. The number of nitrogens with zero attached hydrogens (tertiary/aromatic N) is 4. The Balaban J connectivity index is 1.03. The van der Waals surface area contributed by atoms with E-state index in [-0.39, 0.29) is 29.7 Å². The molecular formula is C43H54N8O5. The maximum atomic E-state index is 14.0. The number of aromatic amines is 2. The van der Waals surface area contributed by atoms with Crippen LogP contribution in [0.25, 0.3) is 33.6 Å². The first-order chi connectivity index (χ1) is 26.9. The topological polar surface area (TPSA) is 158 Å². The van der Waals surface area contributed by atoms with Crippen molar-refractivity contribution in [3.8, 4) is 33.6 Å². The van der Waals surface area contributed by atoms with Gasteiger partial charge >= 0.3 is 6.09 Å². The molecule has 2 aliphatic heterocycles. The van der Waals surface area contributed by atoms with E-state index in [0.29, 0.717) is 18.3 Å². The predicted octanol–water partition coefficient (Wildman–Crippen LogP) is 6.75. The van der Waals surface area contributed by atoms with E-state index in [9.17, 15) is 14.4 Å². The number of rotatable bonds is 13. The summed E-state index contributed by atoms with van der Waals surface area (Å²) < 4.78 is 10.0. The molecule has 0 unspecified atom stereocenters. The number of methoxy groups -OCH3 is 2. The highest BCUT2D eigenvalue weighted by Crippen LogP contribution is 2.52. The van der Waals surface area contributed by atoms with Crippen molar-refractivity contribution in [3.63, 3.8) is 0 Å². The van der Waals surface area contributed by atoms with Crippen LogP contribution in [-0.2, 0) is 24.6 Å². The molecule has 4 heterocycles. The number of alkyl carbamates (subject to hydrolysis) is 1. The van der Waals surface area contributed by atoms with Crippen molar-refractivity contribution in [1.29, 1.82) is 0 Å². The van der Waals surface area contributed by atoms with Gasteiger partial charge in [0.15, 0.2) is 5.88 Å². The molecule has 4 aromatic rings. The smallest absolute Gasteiger partial charge is 0.407 e. The van der Waals surface area contributed by atoms with Crippen LogP contribution in [0.15, 0.2) is 73.4 Å². The number of likely N-dealkylation sites (tertiary alicyclic amines) is 2. The molecule has 13 nitrogen and oxygen atoms in total. The van der Waals surface area contributed by atoms with Crippen molar-refractivity contribution in [3.05, 3.63) is 85.0 Å². The van der Waals surface area contributed by atoms with E-state index in [4.69, 9.17) is 14.5 Å². The third-order valence-electron chi connectivity index (χ3n) is 11.9. The first kappa shape index (κ1) is 38.7. The van der Waals surface area contributed by atoms with Crippen molar-refractivity contribution in [2.45, 2.75) is 83.5 Å². The van der Waals surface area contributed by atoms with E-state index in [1.165, 1.54) is 7.11 Å². The molecule has 2 aromatic carbocycles. The molecule has 3 fully saturated rings. The van der Waals surface area contributed by atoms with Crippen molar-refractivity contribution in [2.24, 2.45) is 17.8 Å². The normalized spacial score (nSPS) is 21.4. The Morgan fingerprint density at radius 3 is 1.98 bits per heavy atom. The lowest BCUT2D eigenvalue weighted by atomic mass is 9.93. The molecule has 4 N–H and O–H groups in total. The van der Waals surface area contributed by atoms with Crippen molar-refractivity contribution in [1.82, 2.24) is 40.4 Å². The number of H-pyrrole nitrogens is 2. The Bertz CT molecular complexity index is 2050. The maximum Gasteiger partial charge on any atom is 0.407 e. The van der Waals surface area contributed by atoms with Crippen LogP contribution in [0.4, 0.5) is 4.79 Å². The number of fused-ring (bicyclic) bond motifs is 2. The van der Waals surface area contributed by atoms with Gasteiger partial charge in [0, 0.05) is 13.1 Å². The zero-order valence-electron chi connectivity index (χ0n) is 33.2. The van der Waals surface area contributed by atoms with E-state index < -0.39 is 23.7 Å². The summed E-state index contributed by atoms with van der Waals surface area (Å²) >= 11 is 0. The average Bonchev–Trinajstić information content (AvgIpc) is 4.06. The van der Waals surface area contributed by atoms with Crippen molar-refractivity contribution < 1.29 is 23.9 Å². The first-order valence-corrected chi connectivity index (χ1v) is 19.7. The second-order valence-electron chi connectivity index (χ2n) is 16.1. The third-order valence-corrected chi connectivity index (χ3v) is 11.9. The fourth-order valence-electron chi connectivity index (χ4n) is 8.75. The minimum Gasteiger partial charge on any atom is -0.483 e. The van der Waals surface area contributed by atoms with Gasteiger partial charge in [0.2, 0.25) is 11.8 Å². The summed E-state index contributed by atoms with van der Waals surface area (Å²) in [5, 5.41) is 5.89. The number of nitrogens with one attached hydrogen (secondary N) is 4. The van der Waals surface area contributed by atoms with Gasteiger partial charge in [-0.15, -0.1) is 0 Å². The summed E-state index contributed by atoms with van der Waals surface area (Å²) in [7, 11) is 2.85. The fraction of sp³-hybridized carbons (Fsp3) is 0.465. The van der Waals surface area contributed by atoms with Crippen LogP contribution in [0.2, 0.25) is 0 Å². The van der Waals surface area contributed by atoms with Gasteiger partial charge in [0.25, 0.3) is 0 Å². The molecule has 0 spiro atoms. The largest absolute Gasteiger partial charge is 0.483 e. The van der Waals surface area contributed by atoms with Gasteiger partial charge in [-0.2, -0.15) is 0 Å². The number of imidazole rings is 2. The predicted molar refractivity (Wildman–Crippen MR) is 214 cm³/mol. The van der Waals surface area contributed by atoms with Crippen LogP contribution >= 0.6 is 0 Å². The Morgan fingerprint density at radius 2 is 1.39 bits per heavy atom. The van der Waals surface area contributed by atoms with Gasteiger partial charge < -0.3 is 39.9 Å². The summed E-state index contributed by atoms with van der Waals surface area (Å²) in [5.74, 6) is 2.31. The summed E-state index contributed by atoms with van der Waals surface area (Å²) in [6.07, 6.45) is 7.60. The van der Waals surface area contributed by atoms with E-state index >= 15 is 0 Å². The number of hydrogen-bond donors (Lipinski definition) is 4. The van der Waals surface area contributed by atoms with Gasteiger partial charge in [-0.1, -0.05) is 76.2 Å². The second kappa shape index (κ2) is 15.9. The van der Waals surface area contributed by atoms with Gasteiger partial charge in [-0.3, -0.25) is 9.59 Å². The Kier molecular flexibility index (Phi) is 11.0. The average molecular weight is 763 g/mol. The SMILES string of the molecule is C=C(N[C@H](C(=O)N1C[C@H]2CC[C@@]1(c1ncc(-c3ccc(-c4ccc(-c5cnc([C@@H]6CCCN6C(=O)[C@@H](NC(=O)OC)C(C)C)[nH]5)cc4)cc3)[nH]1)C2)C(C)C)OC. The molecule has 1 saturated carbocycles. The molecule has 1 aliphatic carbocycles. The van der Waals surface area contributed by atoms with Crippen LogP contribution in [0.5, 0.6) is 0 Å². The monoisotopic (exact) mass is 762 g/mol. The molecule has 2 bridgehead atoms. The molecule has 13 heteroatoms. The summed E-state index contributed by atoms with van der Waals surface area (Å²) in [5.41, 5.74) is 5.52. The zero-order chi connectivity index (χ0) is 39.7. The maximum absolute atomic E-state index is 14.0. The molecule has 56 heavy (non-hydrogen) atoms. The van der Waals surface area contributed by atoms with Crippen LogP contribution in [0.3, 0.4) is 0 Å².